The predicted octanol–water partition coefficient (Wildman–Crippen LogP) is 4.19. The standard InChI is InChI=1S/C21H18O3/c22-19(14-21(23)24-15-16-7-2-1-3-8-16)13-18-11-6-10-17-9-4-5-12-20(17)18/h1-10,12-13H,11,14-15H2. The highest BCUT2D eigenvalue weighted by Crippen LogP contribution is 2.28. The summed E-state index contributed by atoms with van der Waals surface area (Å²) in [6, 6.07) is 17.3. The number of rotatable bonds is 5. The highest BCUT2D eigenvalue weighted by Gasteiger charge is 2.13. The number of esters is 1. The fraction of sp³-hybridized carbons (Fsp3) is 0.143. The van der Waals surface area contributed by atoms with Gasteiger partial charge in [0.05, 0.1) is 0 Å². The second-order valence-electron chi connectivity index (χ2n) is 5.65. The Hall–Kier alpha value is -2.94. The molecule has 3 rings (SSSR count). The van der Waals surface area contributed by atoms with E-state index in [1.165, 1.54) is 0 Å². The van der Waals surface area contributed by atoms with Crippen molar-refractivity contribution in [2.24, 2.45) is 0 Å². The van der Waals surface area contributed by atoms with Crippen molar-refractivity contribution < 1.29 is 14.3 Å². The third-order valence-electron chi connectivity index (χ3n) is 3.84. The largest absolute Gasteiger partial charge is 0.460 e. The number of hydrogen-bond donors (Lipinski definition) is 0. The van der Waals surface area contributed by atoms with Crippen molar-refractivity contribution in [3.8, 4) is 0 Å². The van der Waals surface area contributed by atoms with Crippen molar-refractivity contribution in [2.75, 3.05) is 0 Å². The summed E-state index contributed by atoms with van der Waals surface area (Å²) < 4.78 is 5.15. The van der Waals surface area contributed by atoms with Crippen LogP contribution in [0.4, 0.5) is 0 Å². The molecule has 2 aromatic carbocycles. The highest BCUT2D eigenvalue weighted by molar-refractivity contribution is 6.06. The third-order valence-corrected chi connectivity index (χ3v) is 3.84. The zero-order valence-electron chi connectivity index (χ0n) is 13.3. The molecule has 0 spiro atoms. The van der Waals surface area contributed by atoms with E-state index in [4.69, 9.17) is 4.74 Å². The zero-order chi connectivity index (χ0) is 16.8. The molecule has 0 aromatic heterocycles. The summed E-state index contributed by atoms with van der Waals surface area (Å²) in [5.74, 6) is -0.728. The molecule has 0 aliphatic heterocycles. The van der Waals surface area contributed by atoms with Gasteiger partial charge in [-0.25, -0.2) is 0 Å². The molecule has 120 valence electrons. The van der Waals surface area contributed by atoms with E-state index in [0.717, 1.165) is 22.3 Å². The summed E-state index contributed by atoms with van der Waals surface area (Å²) >= 11 is 0. The Labute approximate surface area is 141 Å². The van der Waals surface area contributed by atoms with Gasteiger partial charge < -0.3 is 4.74 Å². The number of ether oxygens (including phenoxy) is 1. The summed E-state index contributed by atoms with van der Waals surface area (Å²) in [6.07, 6.45) is 6.09. The topological polar surface area (TPSA) is 43.4 Å². The van der Waals surface area contributed by atoms with Crippen LogP contribution in [0.5, 0.6) is 0 Å². The van der Waals surface area contributed by atoms with Gasteiger partial charge in [0.15, 0.2) is 5.78 Å². The van der Waals surface area contributed by atoms with E-state index >= 15 is 0 Å². The van der Waals surface area contributed by atoms with Crippen molar-refractivity contribution in [3.05, 3.63) is 83.4 Å². The molecule has 3 nitrogen and oxygen atoms in total. The molecule has 0 saturated carbocycles. The van der Waals surface area contributed by atoms with Crippen LogP contribution in [0.3, 0.4) is 0 Å². The van der Waals surface area contributed by atoms with Crippen molar-refractivity contribution >= 4 is 23.4 Å². The van der Waals surface area contributed by atoms with Crippen LogP contribution in [0.2, 0.25) is 0 Å². The SMILES string of the molecule is O=C(C=C1CC=Cc2ccccc21)CC(=O)OCc1ccccc1. The Morgan fingerprint density at radius 1 is 1.00 bits per heavy atom. The summed E-state index contributed by atoms with van der Waals surface area (Å²) in [7, 11) is 0. The van der Waals surface area contributed by atoms with Gasteiger partial charge in [-0.15, -0.1) is 0 Å². The average Bonchev–Trinajstić information content (AvgIpc) is 2.61. The van der Waals surface area contributed by atoms with Crippen molar-refractivity contribution in [2.45, 2.75) is 19.4 Å². The van der Waals surface area contributed by atoms with E-state index in [1.54, 1.807) is 6.08 Å². The maximum atomic E-state index is 12.1. The van der Waals surface area contributed by atoms with Crippen molar-refractivity contribution in [3.63, 3.8) is 0 Å². The van der Waals surface area contributed by atoms with Crippen LogP contribution in [0.25, 0.3) is 11.6 Å². The summed E-state index contributed by atoms with van der Waals surface area (Å²) in [5, 5.41) is 0. The van der Waals surface area contributed by atoms with Gasteiger partial charge in [-0.2, -0.15) is 0 Å². The number of hydrogen-bond acceptors (Lipinski definition) is 3. The second kappa shape index (κ2) is 7.55. The molecule has 1 aliphatic carbocycles. The molecule has 1 aliphatic rings. The Morgan fingerprint density at radius 3 is 2.58 bits per heavy atom. The molecule has 0 N–H and O–H groups in total. The van der Waals surface area contributed by atoms with Gasteiger partial charge in [-0.1, -0.05) is 66.7 Å². The minimum atomic E-state index is -0.500. The number of carbonyl (C=O) groups is 2. The fourth-order valence-electron chi connectivity index (χ4n) is 2.67. The van der Waals surface area contributed by atoms with E-state index in [9.17, 15) is 9.59 Å². The van der Waals surface area contributed by atoms with Gasteiger partial charge in [0.25, 0.3) is 0 Å². The third kappa shape index (κ3) is 4.07. The molecule has 0 bridgehead atoms. The van der Waals surface area contributed by atoms with Crippen LogP contribution in [0, 0.1) is 0 Å². The van der Waals surface area contributed by atoms with Gasteiger partial charge in [0.1, 0.15) is 13.0 Å². The smallest absolute Gasteiger partial charge is 0.314 e. The van der Waals surface area contributed by atoms with Crippen molar-refractivity contribution in [1.82, 2.24) is 0 Å². The first-order chi connectivity index (χ1) is 11.7. The Kier molecular flexibility index (Phi) is 5.02. The van der Waals surface area contributed by atoms with Gasteiger partial charge in [-0.05, 0) is 34.8 Å². The summed E-state index contributed by atoms with van der Waals surface area (Å²) in [4.78, 5) is 24.0. The number of benzene rings is 2. The second-order valence-corrected chi connectivity index (χ2v) is 5.65. The van der Waals surface area contributed by atoms with E-state index in [-0.39, 0.29) is 18.8 Å². The monoisotopic (exact) mass is 318 g/mol. The van der Waals surface area contributed by atoms with Crippen LogP contribution in [0.15, 0.2) is 66.7 Å². The molecule has 0 radical (unpaired) electrons. The molecule has 0 atom stereocenters. The van der Waals surface area contributed by atoms with Crippen LogP contribution < -0.4 is 0 Å². The molecular formula is C21H18O3. The Bertz CT molecular complexity index is 801. The first-order valence-electron chi connectivity index (χ1n) is 7.91. The molecule has 3 heteroatoms. The molecule has 24 heavy (non-hydrogen) atoms. The highest BCUT2D eigenvalue weighted by atomic mass is 16.5. The maximum absolute atomic E-state index is 12.1. The molecule has 0 amide bonds. The Morgan fingerprint density at radius 2 is 1.75 bits per heavy atom. The molecule has 0 fully saturated rings. The predicted molar refractivity (Wildman–Crippen MR) is 93.9 cm³/mol. The average molecular weight is 318 g/mol. The van der Waals surface area contributed by atoms with Gasteiger partial charge >= 0.3 is 5.97 Å². The number of ketones is 1. The Balaban J connectivity index is 1.59. The lowest BCUT2D eigenvalue weighted by Crippen LogP contribution is -2.10. The first-order valence-corrected chi connectivity index (χ1v) is 7.91. The fourth-order valence-corrected chi connectivity index (χ4v) is 2.67. The minimum Gasteiger partial charge on any atom is -0.460 e. The number of carbonyl (C=O) groups excluding carboxylic acids is 2. The van der Waals surface area contributed by atoms with Crippen LogP contribution >= 0.6 is 0 Å². The first kappa shape index (κ1) is 15.9. The number of allylic oxidation sites excluding steroid dienone is 3. The van der Waals surface area contributed by atoms with Crippen LogP contribution in [0.1, 0.15) is 29.5 Å². The molecule has 0 saturated heterocycles. The van der Waals surface area contributed by atoms with E-state index in [2.05, 4.69) is 0 Å². The van der Waals surface area contributed by atoms with E-state index < -0.39 is 5.97 Å². The lowest BCUT2D eigenvalue weighted by molar-refractivity contribution is -0.146. The van der Waals surface area contributed by atoms with E-state index in [1.807, 2.05) is 66.7 Å². The van der Waals surface area contributed by atoms with E-state index in [0.29, 0.717) is 6.42 Å². The molecular weight excluding hydrogens is 300 g/mol. The van der Waals surface area contributed by atoms with Crippen LogP contribution in [-0.4, -0.2) is 11.8 Å². The summed E-state index contributed by atoms with van der Waals surface area (Å²) in [6.45, 7) is 0.190. The lowest BCUT2D eigenvalue weighted by Gasteiger charge is -2.13. The number of fused-ring (bicyclic) bond motifs is 1. The summed E-state index contributed by atoms with van der Waals surface area (Å²) in [5.41, 5.74) is 3.98. The zero-order valence-corrected chi connectivity index (χ0v) is 13.3. The van der Waals surface area contributed by atoms with Crippen LogP contribution in [-0.2, 0) is 20.9 Å². The van der Waals surface area contributed by atoms with Gasteiger partial charge in [0, 0.05) is 0 Å². The normalized spacial score (nSPS) is 14.2. The van der Waals surface area contributed by atoms with Crippen molar-refractivity contribution in [1.29, 1.82) is 0 Å². The minimum absolute atomic E-state index is 0.190. The van der Waals surface area contributed by atoms with Gasteiger partial charge in [-0.3, -0.25) is 9.59 Å². The van der Waals surface area contributed by atoms with Gasteiger partial charge in [0.2, 0.25) is 0 Å². The lowest BCUT2D eigenvalue weighted by atomic mass is 9.91. The molecule has 2 aromatic rings. The molecule has 0 heterocycles. The quantitative estimate of drug-likeness (QED) is 0.472. The molecule has 0 unspecified atom stereocenters. The maximum Gasteiger partial charge on any atom is 0.314 e.